The van der Waals surface area contributed by atoms with Gasteiger partial charge in [0.2, 0.25) is 5.95 Å². The van der Waals surface area contributed by atoms with Gasteiger partial charge in [-0.05, 0) is 43.5 Å². The summed E-state index contributed by atoms with van der Waals surface area (Å²) in [6.45, 7) is 6.51. The van der Waals surface area contributed by atoms with Crippen LogP contribution in [0.4, 0.5) is 5.95 Å². The number of hydrogen-bond acceptors (Lipinski definition) is 6. The molecule has 0 amide bonds. The number of nitrogen functional groups attached to an aromatic ring is 1. The number of nitrogens with zero attached hydrogens (tertiary/aromatic N) is 3. The second kappa shape index (κ2) is 6.18. The number of hydrogen-bond donors (Lipinski definition) is 1. The van der Waals surface area contributed by atoms with E-state index in [2.05, 4.69) is 21.0 Å². The van der Waals surface area contributed by atoms with E-state index in [9.17, 15) is 0 Å². The molecule has 0 bridgehead atoms. The zero-order valence-corrected chi connectivity index (χ0v) is 11.9. The van der Waals surface area contributed by atoms with Gasteiger partial charge >= 0.3 is 12.0 Å². The van der Waals surface area contributed by atoms with E-state index >= 15 is 0 Å². The number of aromatic nitrogens is 3. The third-order valence-corrected chi connectivity index (χ3v) is 2.45. The first kappa shape index (κ1) is 14.0. The molecule has 6 heteroatoms. The molecule has 2 aromatic rings. The van der Waals surface area contributed by atoms with Crippen LogP contribution in [0.5, 0.6) is 17.8 Å². The molecule has 0 unspecified atom stereocenters. The van der Waals surface area contributed by atoms with Gasteiger partial charge in [-0.25, -0.2) is 0 Å². The Morgan fingerprint density at radius 1 is 1.00 bits per heavy atom. The number of ether oxygens (including phenoxy) is 2. The molecule has 0 aliphatic carbocycles. The Kier molecular flexibility index (Phi) is 4.34. The van der Waals surface area contributed by atoms with E-state index in [0.29, 0.717) is 12.4 Å². The summed E-state index contributed by atoms with van der Waals surface area (Å²) in [5.74, 6) is 0.736. The Hall–Kier alpha value is -2.37. The Balaban J connectivity index is 2.21. The maximum Gasteiger partial charge on any atom is 0.330 e. The summed E-state index contributed by atoms with van der Waals surface area (Å²) in [5.41, 5.74) is 7.83. The summed E-state index contributed by atoms with van der Waals surface area (Å²) in [6.07, 6.45) is 0.860. The molecule has 2 rings (SSSR count). The van der Waals surface area contributed by atoms with Crippen LogP contribution in [0.3, 0.4) is 0 Å². The van der Waals surface area contributed by atoms with E-state index in [1.54, 1.807) is 0 Å². The van der Waals surface area contributed by atoms with Crippen LogP contribution >= 0.6 is 0 Å². The van der Waals surface area contributed by atoms with Crippen molar-refractivity contribution >= 4 is 5.95 Å². The van der Waals surface area contributed by atoms with Crippen molar-refractivity contribution in [3.63, 3.8) is 0 Å². The minimum absolute atomic E-state index is 0.0745. The number of rotatable bonds is 5. The highest BCUT2D eigenvalue weighted by Gasteiger charge is 2.08. The van der Waals surface area contributed by atoms with E-state index in [4.69, 9.17) is 15.2 Å². The predicted octanol–water partition coefficient (Wildman–Crippen LogP) is 2.65. The fourth-order valence-electron chi connectivity index (χ4n) is 1.75. The molecule has 6 nitrogen and oxygen atoms in total. The fraction of sp³-hybridized carbons (Fsp3) is 0.357. The summed E-state index contributed by atoms with van der Waals surface area (Å²) in [7, 11) is 0. The second-order valence-electron chi connectivity index (χ2n) is 4.53. The van der Waals surface area contributed by atoms with Gasteiger partial charge < -0.3 is 15.2 Å². The lowest BCUT2D eigenvalue weighted by Gasteiger charge is -2.08. The highest BCUT2D eigenvalue weighted by Crippen LogP contribution is 2.22. The Morgan fingerprint density at radius 2 is 1.65 bits per heavy atom. The lowest BCUT2D eigenvalue weighted by Crippen LogP contribution is -2.05. The summed E-state index contributed by atoms with van der Waals surface area (Å²) < 4.78 is 11.0. The lowest BCUT2D eigenvalue weighted by atomic mass is 10.1. The SMILES string of the molecule is CCCOc1nc(N)nc(Oc2cc(C)cc(C)c2)n1. The normalized spacial score (nSPS) is 10.3. The summed E-state index contributed by atoms with van der Waals surface area (Å²) in [4.78, 5) is 11.9. The van der Waals surface area contributed by atoms with Crippen LogP contribution in [0.15, 0.2) is 18.2 Å². The molecule has 1 aromatic heterocycles. The molecule has 0 spiro atoms. The van der Waals surface area contributed by atoms with Crippen LogP contribution in [0.25, 0.3) is 0 Å². The van der Waals surface area contributed by atoms with Crippen molar-refractivity contribution in [3.8, 4) is 17.8 Å². The monoisotopic (exact) mass is 274 g/mol. The molecule has 1 heterocycles. The third kappa shape index (κ3) is 3.81. The van der Waals surface area contributed by atoms with Gasteiger partial charge in [0, 0.05) is 0 Å². The molecule has 0 fully saturated rings. The van der Waals surface area contributed by atoms with Crippen molar-refractivity contribution in [2.24, 2.45) is 0 Å². The van der Waals surface area contributed by atoms with Gasteiger partial charge in [0.1, 0.15) is 5.75 Å². The van der Waals surface area contributed by atoms with Crippen LogP contribution in [0, 0.1) is 13.8 Å². The average molecular weight is 274 g/mol. The summed E-state index contributed by atoms with van der Waals surface area (Å²) in [6, 6.07) is 6.18. The molecular weight excluding hydrogens is 256 g/mol. The Morgan fingerprint density at radius 3 is 2.30 bits per heavy atom. The Bertz CT molecular complexity index is 581. The van der Waals surface area contributed by atoms with Crippen molar-refractivity contribution < 1.29 is 9.47 Å². The lowest BCUT2D eigenvalue weighted by molar-refractivity contribution is 0.285. The second-order valence-corrected chi connectivity index (χ2v) is 4.53. The highest BCUT2D eigenvalue weighted by atomic mass is 16.5. The van der Waals surface area contributed by atoms with Gasteiger partial charge in [-0.3, -0.25) is 0 Å². The van der Waals surface area contributed by atoms with E-state index in [1.165, 1.54) is 0 Å². The van der Waals surface area contributed by atoms with Gasteiger partial charge in [-0.1, -0.05) is 13.0 Å². The molecule has 0 aliphatic heterocycles. The van der Waals surface area contributed by atoms with E-state index < -0.39 is 0 Å². The van der Waals surface area contributed by atoms with E-state index in [-0.39, 0.29) is 18.0 Å². The quantitative estimate of drug-likeness (QED) is 0.902. The topological polar surface area (TPSA) is 83.2 Å². The zero-order valence-electron chi connectivity index (χ0n) is 11.9. The molecule has 20 heavy (non-hydrogen) atoms. The van der Waals surface area contributed by atoms with Gasteiger partial charge in [0.25, 0.3) is 0 Å². The van der Waals surface area contributed by atoms with Crippen molar-refractivity contribution in [2.45, 2.75) is 27.2 Å². The first-order chi connectivity index (χ1) is 9.56. The molecule has 0 saturated heterocycles. The maximum absolute atomic E-state index is 5.62. The first-order valence-corrected chi connectivity index (χ1v) is 6.47. The smallest absolute Gasteiger partial charge is 0.330 e. The van der Waals surface area contributed by atoms with Crippen molar-refractivity contribution in [3.05, 3.63) is 29.3 Å². The van der Waals surface area contributed by atoms with Crippen LogP contribution in [-0.2, 0) is 0 Å². The van der Waals surface area contributed by atoms with Crippen LogP contribution in [0.1, 0.15) is 24.5 Å². The number of anilines is 1. The molecule has 1 aromatic carbocycles. The molecule has 0 radical (unpaired) electrons. The average Bonchev–Trinajstić information content (AvgIpc) is 2.34. The van der Waals surface area contributed by atoms with Crippen LogP contribution in [0.2, 0.25) is 0 Å². The number of benzene rings is 1. The minimum atomic E-state index is 0.0745. The van der Waals surface area contributed by atoms with Gasteiger partial charge in [0.15, 0.2) is 0 Å². The minimum Gasteiger partial charge on any atom is -0.463 e. The van der Waals surface area contributed by atoms with Gasteiger partial charge in [-0.2, -0.15) is 9.97 Å². The van der Waals surface area contributed by atoms with Crippen molar-refractivity contribution in [1.29, 1.82) is 0 Å². The van der Waals surface area contributed by atoms with Gasteiger partial charge in [0.05, 0.1) is 6.61 Å². The predicted molar refractivity (Wildman–Crippen MR) is 76.0 cm³/mol. The van der Waals surface area contributed by atoms with Crippen LogP contribution in [-0.4, -0.2) is 21.6 Å². The summed E-state index contributed by atoms with van der Waals surface area (Å²) >= 11 is 0. The third-order valence-electron chi connectivity index (χ3n) is 2.45. The standard InChI is InChI=1S/C14H18N4O2/c1-4-5-19-13-16-12(15)17-14(18-13)20-11-7-9(2)6-10(3)8-11/h6-8H,4-5H2,1-3H3,(H2,15,16,17,18). The van der Waals surface area contributed by atoms with E-state index in [1.807, 2.05) is 32.9 Å². The molecule has 2 N–H and O–H groups in total. The molecule has 0 aliphatic rings. The van der Waals surface area contributed by atoms with Crippen LogP contribution < -0.4 is 15.2 Å². The van der Waals surface area contributed by atoms with Crippen molar-refractivity contribution in [2.75, 3.05) is 12.3 Å². The Labute approximate surface area is 118 Å². The van der Waals surface area contributed by atoms with E-state index in [0.717, 1.165) is 17.5 Å². The summed E-state index contributed by atoms with van der Waals surface area (Å²) in [5, 5.41) is 0. The zero-order chi connectivity index (χ0) is 14.5. The van der Waals surface area contributed by atoms with Crippen molar-refractivity contribution in [1.82, 2.24) is 15.0 Å². The molecular formula is C14H18N4O2. The first-order valence-electron chi connectivity index (χ1n) is 6.47. The largest absolute Gasteiger partial charge is 0.463 e. The fourth-order valence-corrected chi connectivity index (χ4v) is 1.75. The maximum atomic E-state index is 5.62. The van der Waals surface area contributed by atoms with Gasteiger partial charge in [-0.15, -0.1) is 4.98 Å². The number of nitrogens with two attached hydrogens (primary N) is 1. The molecule has 0 saturated carbocycles. The highest BCUT2D eigenvalue weighted by molar-refractivity contribution is 5.35. The molecule has 0 atom stereocenters. The molecule has 106 valence electrons. The number of aryl methyl sites for hydroxylation is 2.